The quantitative estimate of drug-likeness (QED) is 0.869. The van der Waals surface area contributed by atoms with Crippen molar-refractivity contribution in [2.24, 2.45) is 0 Å². The normalized spacial score (nSPS) is 17.9. The molecule has 1 aliphatic rings. The monoisotopic (exact) mass is 274 g/mol. The first kappa shape index (κ1) is 12.8. The molecule has 3 rings (SSSR count). The van der Waals surface area contributed by atoms with Crippen molar-refractivity contribution in [3.8, 4) is 0 Å². The largest absolute Gasteiger partial charge is 0.428 e. The molecule has 2 aromatic heterocycles. The van der Waals surface area contributed by atoms with Gasteiger partial charge in [-0.15, -0.1) is 0 Å². The maximum atomic E-state index is 12.3. The summed E-state index contributed by atoms with van der Waals surface area (Å²) in [5, 5.41) is 2.73. The Labute approximate surface area is 117 Å². The van der Waals surface area contributed by atoms with Crippen LogP contribution >= 0.6 is 0 Å². The fourth-order valence-corrected chi connectivity index (χ4v) is 2.55. The number of nitrogens with zero attached hydrogens (tertiary/aromatic N) is 3. The number of oxazole rings is 1. The smallest absolute Gasteiger partial charge is 0.326 e. The molecule has 0 fully saturated rings. The number of hydrogen-bond donors (Lipinski definition) is 1. The molecule has 6 heteroatoms. The van der Waals surface area contributed by atoms with E-state index in [0.29, 0.717) is 6.54 Å². The molecule has 0 radical (unpaired) electrons. The zero-order chi connectivity index (χ0) is 14.3. The first-order chi connectivity index (χ1) is 9.56. The summed E-state index contributed by atoms with van der Waals surface area (Å²) in [4.78, 5) is 18.3. The molecule has 106 valence electrons. The number of urea groups is 1. The van der Waals surface area contributed by atoms with Crippen molar-refractivity contribution < 1.29 is 9.21 Å². The van der Waals surface area contributed by atoms with E-state index in [9.17, 15) is 4.79 Å². The van der Waals surface area contributed by atoms with Crippen molar-refractivity contribution in [1.82, 2.24) is 14.5 Å². The number of hydrogen-bond acceptors (Lipinski definition) is 3. The van der Waals surface area contributed by atoms with Gasteiger partial charge in [-0.1, -0.05) is 0 Å². The first-order valence-electron chi connectivity index (χ1n) is 6.73. The van der Waals surface area contributed by atoms with Crippen LogP contribution in [0.25, 0.3) is 0 Å². The lowest BCUT2D eigenvalue weighted by molar-refractivity contribution is 0.174. The van der Waals surface area contributed by atoms with E-state index < -0.39 is 0 Å². The van der Waals surface area contributed by atoms with Crippen LogP contribution in [0.3, 0.4) is 0 Å². The molecular formula is C14H18N4O2. The lowest BCUT2D eigenvalue weighted by Crippen LogP contribution is -2.43. The van der Waals surface area contributed by atoms with Gasteiger partial charge in [-0.25, -0.2) is 4.79 Å². The summed E-state index contributed by atoms with van der Waals surface area (Å²) in [5.41, 5.74) is 1.94. The van der Waals surface area contributed by atoms with E-state index in [-0.39, 0.29) is 18.1 Å². The van der Waals surface area contributed by atoms with Crippen LogP contribution in [-0.4, -0.2) is 27.0 Å². The summed E-state index contributed by atoms with van der Waals surface area (Å²) in [6, 6.07) is 4.18. The second-order valence-corrected chi connectivity index (χ2v) is 5.09. The van der Waals surface area contributed by atoms with Gasteiger partial charge in [0.05, 0.1) is 11.7 Å². The molecule has 0 spiro atoms. The van der Waals surface area contributed by atoms with Crippen molar-refractivity contribution in [2.45, 2.75) is 33.4 Å². The summed E-state index contributed by atoms with van der Waals surface area (Å²) in [5.74, 6) is 0.723. The highest BCUT2D eigenvalue weighted by Gasteiger charge is 2.28. The number of carbonyl (C=O) groups is 1. The standard InChI is InChI=1S/C14H18N4O2/c1-9-11(3)20-13(15-9)16-14(19)18-8-7-17-6-4-5-12(17)10(18)2/h4-6,10H,7-8H2,1-3H3,(H,15,16,19)/t10-/m0/s1. The third-order valence-corrected chi connectivity index (χ3v) is 3.85. The van der Waals surface area contributed by atoms with Gasteiger partial charge in [0.25, 0.3) is 0 Å². The average molecular weight is 274 g/mol. The lowest BCUT2D eigenvalue weighted by Gasteiger charge is -2.34. The summed E-state index contributed by atoms with van der Waals surface area (Å²) in [6.45, 7) is 7.19. The molecule has 0 aliphatic carbocycles. The van der Waals surface area contributed by atoms with Crippen molar-refractivity contribution in [3.63, 3.8) is 0 Å². The second-order valence-electron chi connectivity index (χ2n) is 5.09. The Morgan fingerprint density at radius 1 is 1.45 bits per heavy atom. The van der Waals surface area contributed by atoms with E-state index in [2.05, 4.69) is 14.9 Å². The SMILES string of the molecule is Cc1nc(NC(=O)N2CCn3cccc3[C@@H]2C)oc1C. The van der Waals surface area contributed by atoms with E-state index in [0.717, 1.165) is 23.7 Å². The Bertz CT molecular complexity index is 624. The van der Waals surface area contributed by atoms with Gasteiger partial charge >= 0.3 is 12.0 Å². The van der Waals surface area contributed by atoms with Crippen LogP contribution in [-0.2, 0) is 6.54 Å². The Morgan fingerprint density at radius 3 is 2.95 bits per heavy atom. The van der Waals surface area contributed by atoms with Crippen LogP contribution < -0.4 is 5.32 Å². The number of aryl methyl sites for hydroxylation is 2. The van der Waals surface area contributed by atoms with Gasteiger partial charge in [0.2, 0.25) is 0 Å². The number of aromatic nitrogens is 2. The van der Waals surface area contributed by atoms with Crippen LogP contribution in [0.4, 0.5) is 10.8 Å². The number of nitrogens with one attached hydrogen (secondary N) is 1. The van der Waals surface area contributed by atoms with Crippen molar-refractivity contribution in [2.75, 3.05) is 11.9 Å². The minimum Gasteiger partial charge on any atom is -0.428 e. The molecule has 0 bridgehead atoms. The summed E-state index contributed by atoms with van der Waals surface area (Å²) in [6.07, 6.45) is 2.04. The molecule has 0 unspecified atom stereocenters. The van der Waals surface area contributed by atoms with Gasteiger partial charge in [-0.2, -0.15) is 4.98 Å². The van der Waals surface area contributed by atoms with Crippen molar-refractivity contribution in [3.05, 3.63) is 35.5 Å². The minimum atomic E-state index is -0.175. The highest BCUT2D eigenvalue weighted by atomic mass is 16.4. The highest BCUT2D eigenvalue weighted by Crippen LogP contribution is 2.26. The van der Waals surface area contributed by atoms with Crippen LogP contribution in [0.15, 0.2) is 22.7 Å². The van der Waals surface area contributed by atoms with Gasteiger partial charge in [-0.05, 0) is 32.9 Å². The predicted octanol–water partition coefficient (Wildman–Crippen LogP) is 2.70. The fourth-order valence-electron chi connectivity index (χ4n) is 2.55. The van der Waals surface area contributed by atoms with E-state index in [1.54, 1.807) is 4.90 Å². The molecular weight excluding hydrogens is 256 g/mol. The van der Waals surface area contributed by atoms with Gasteiger partial charge in [0.15, 0.2) is 0 Å². The van der Waals surface area contributed by atoms with Crippen LogP contribution in [0.5, 0.6) is 0 Å². The zero-order valence-corrected chi connectivity index (χ0v) is 11.9. The van der Waals surface area contributed by atoms with Crippen LogP contribution in [0.2, 0.25) is 0 Å². The maximum Gasteiger partial charge on any atom is 0.326 e. The molecule has 0 aromatic carbocycles. The van der Waals surface area contributed by atoms with Gasteiger partial charge in [-0.3, -0.25) is 5.32 Å². The van der Waals surface area contributed by atoms with Gasteiger partial charge < -0.3 is 13.9 Å². The van der Waals surface area contributed by atoms with E-state index >= 15 is 0 Å². The molecule has 1 atom stereocenters. The van der Waals surface area contributed by atoms with Crippen molar-refractivity contribution in [1.29, 1.82) is 0 Å². The van der Waals surface area contributed by atoms with E-state index in [4.69, 9.17) is 4.42 Å². The Balaban J connectivity index is 1.75. The lowest BCUT2D eigenvalue weighted by atomic mass is 10.1. The number of amides is 2. The Morgan fingerprint density at radius 2 is 2.25 bits per heavy atom. The van der Waals surface area contributed by atoms with Gasteiger partial charge in [0.1, 0.15) is 5.76 Å². The second kappa shape index (κ2) is 4.70. The number of anilines is 1. The summed E-state index contributed by atoms with van der Waals surface area (Å²) in [7, 11) is 0. The molecule has 0 saturated carbocycles. The molecule has 0 saturated heterocycles. The molecule has 1 N–H and O–H groups in total. The zero-order valence-electron chi connectivity index (χ0n) is 11.9. The van der Waals surface area contributed by atoms with Crippen LogP contribution in [0.1, 0.15) is 30.1 Å². The minimum absolute atomic E-state index is 0.0379. The third kappa shape index (κ3) is 2.07. The predicted molar refractivity (Wildman–Crippen MR) is 74.5 cm³/mol. The summed E-state index contributed by atoms with van der Waals surface area (Å²) < 4.78 is 7.57. The van der Waals surface area contributed by atoms with Crippen LogP contribution in [0, 0.1) is 13.8 Å². The Hall–Kier alpha value is -2.24. The fraction of sp³-hybridized carbons (Fsp3) is 0.429. The topological polar surface area (TPSA) is 63.3 Å². The number of fused-ring (bicyclic) bond motifs is 1. The maximum absolute atomic E-state index is 12.3. The molecule has 20 heavy (non-hydrogen) atoms. The van der Waals surface area contributed by atoms with E-state index in [1.807, 2.05) is 39.1 Å². The van der Waals surface area contributed by atoms with Gasteiger partial charge in [0, 0.05) is 25.0 Å². The highest BCUT2D eigenvalue weighted by molar-refractivity contribution is 5.87. The third-order valence-electron chi connectivity index (χ3n) is 3.85. The average Bonchev–Trinajstić information content (AvgIpc) is 2.98. The first-order valence-corrected chi connectivity index (χ1v) is 6.73. The van der Waals surface area contributed by atoms with E-state index in [1.165, 1.54) is 0 Å². The molecule has 3 heterocycles. The molecule has 1 aliphatic heterocycles. The summed E-state index contributed by atoms with van der Waals surface area (Å²) >= 11 is 0. The number of carbonyl (C=O) groups excluding carboxylic acids is 1. The number of rotatable bonds is 1. The molecule has 2 amide bonds. The Kier molecular flexibility index (Phi) is 3.00. The molecule has 6 nitrogen and oxygen atoms in total. The molecule has 2 aromatic rings. The van der Waals surface area contributed by atoms with Crippen molar-refractivity contribution >= 4 is 12.0 Å².